The van der Waals surface area contributed by atoms with Gasteiger partial charge in [-0.15, -0.1) is 11.3 Å². The molecule has 21 heavy (non-hydrogen) atoms. The maximum Gasteiger partial charge on any atom is 0.248 e. The molecule has 116 valence electrons. The maximum absolute atomic E-state index is 11.6. The van der Waals surface area contributed by atoms with E-state index in [4.69, 9.17) is 9.84 Å². The summed E-state index contributed by atoms with van der Waals surface area (Å²) >= 11 is 1.66. The maximum atomic E-state index is 11.6. The van der Waals surface area contributed by atoms with E-state index in [1.54, 1.807) is 16.2 Å². The molecular weight excluding hydrogens is 290 g/mol. The van der Waals surface area contributed by atoms with Gasteiger partial charge in [0.1, 0.15) is 6.61 Å². The number of amides is 1. The Hall–Kier alpha value is -1.18. The molecule has 1 amide bonds. The van der Waals surface area contributed by atoms with Crippen LogP contribution in [0.3, 0.4) is 0 Å². The van der Waals surface area contributed by atoms with E-state index in [1.165, 1.54) is 0 Å². The summed E-state index contributed by atoms with van der Waals surface area (Å²) in [5, 5.41) is 12.0. The van der Waals surface area contributed by atoms with Crippen LogP contribution in [0.15, 0.2) is 11.6 Å². The molecule has 2 fully saturated rings. The quantitative estimate of drug-likeness (QED) is 0.865. The topological polar surface area (TPSA) is 65.9 Å². The second-order valence-electron chi connectivity index (χ2n) is 5.83. The number of ether oxygens (including phenoxy) is 1. The third-order valence-corrected chi connectivity index (χ3v) is 5.27. The van der Waals surface area contributed by atoms with Gasteiger partial charge in [0.2, 0.25) is 5.91 Å². The van der Waals surface area contributed by atoms with E-state index in [0.717, 1.165) is 44.3 Å². The van der Waals surface area contributed by atoms with E-state index in [2.05, 4.69) is 9.88 Å². The van der Waals surface area contributed by atoms with Gasteiger partial charge < -0.3 is 19.6 Å². The van der Waals surface area contributed by atoms with Gasteiger partial charge in [-0.2, -0.15) is 0 Å². The van der Waals surface area contributed by atoms with Crippen LogP contribution in [0.2, 0.25) is 0 Å². The van der Waals surface area contributed by atoms with Crippen molar-refractivity contribution in [1.29, 1.82) is 0 Å². The molecular formula is C14H21N3O3S. The van der Waals surface area contributed by atoms with E-state index in [-0.39, 0.29) is 11.3 Å². The fourth-order valence-electron chi connectivity index (χ4n) is 3.16. The van der Waals surface area contributed by atoms with Crippen LogP contribution in [0.5, 0.6) is 0 Å². The zero-order valence-electron chi connectivity index (χ0n) is 12.0. The number of thiazole rings is 1. The summed E-state index contributed by atoms with van der Waals surface area (Å²) in [5.41, 5.74) is 0.0917. The third-order valence-electron chi connectivity index (χ3n) is 4.44. The number of aliphatic hydroxyl groups is 1. The minimum absolute atomic E-state index is 0.0917. The van der Waals surface area contributed by atoms with Crippen LogP contribution in [0.25, 0.3) is 0 Å². The average molecular weight is 311 g/mol. The van der Waals surface area contributed by atoms with Crippen molar-refractivity contribution in [2.24, 2.45) is 5.41 Å². The summed E-state index contributed by atoms with van der Waals surface area (Å²) in [7, 11) is 0. The van der Waals surface area contributed by atoms with E-state index in [0.29, 0.717) is 13.1 Å². The highest BCUT2D eigenvalue weighted by atomic mass is 32.1. The highest BCUT2D eigenvalue weighted by molar-refractivity contribution is 7.13. The van der Waals surface area contributed by atoms with Crippen molar-refractivity contribution in [2.75, 3.05) is 50.9 Å². The minimum atomic E-state index is -0.394. The number of rotatable bonds is 2. The summed E-state index contributed by atoms with van der Waals surface area (Å²) in [6.45, 7) is 4.28. The molecule has 2 aliphatic rings. The SMILES string of the molecule is O=C(CO)N1CCC2(CC1)COCCN(c1nccs1)C2. The second kappa shape index (κ2) is 6.29. The van der Waals surface area contributed by atoms with E-state index < -0.39 is 6.61 Å². The predicted octanol–water partition coefficient (Wildman–Crippen LogP) is 0.581. The Morgan fingerprint density at radius 3 is 2.90 bits per heavy atom. The van der Waals surface area contributed by atoms with Gasteiger partial charge in [-0.25, -0.2) is 4.98 Å². The fourth-order valence-corrected chi connectivity index (χ4v) is 3.83. The smallest absolute Gasteiger partial charge is 0.248 e. The summed E-state index contributed by atoms with van der Waals surface area (Å²) < 4.78 is 5.82. The van der Waals surface area contributed by atoms with Crippen molar-refractivity contribution >= 4 is 22.4 Å². The van der Waals surface area contributed by atoms with Crippen LogP contribution in [0.1, 0.15) is 12.8 Å². The zero-order valence-corrected chi connectivity index (χ0v) is 12.8. The largest absolute Gasteiger partial charge is 0.387 e. The molecule has 3 rings (SSSR count). The van der Waals surface area contributed by atoms with E-state index in [1.807, 2.05) is 11.6 Å². The van der Waals surface area contributed by atoms with Gasteiger partial charge in [-0.05, 0) is 12.8 Å². The van der Waals surface area contributed by atoms with Gasteiger partial charge in [-0.1, -0.05) is 0 Å². The second-order valence-corrected chi connectivity index (χ2v) is 6.70. The lowest BCUT2D eigenvalue weighted by Crippen LogP contribution is -2.49. The molecule has 0 unspecified atom stereocenters. The van der Waals surface area contributed by atoms with Gasteiger partial charge in [0.05, 0.1) is 13.2 Å². The number of hydrogen-bond donors (Lipinski definition) is 1. The van der Waals surface area contributed by atoms with Gasteiger partial charge in [0, 0.05) is 43.2 Å². The molecule has 6 nitrogen and oxygen atoms in total. The molecule has 1 spiro atoms. The molecule has 7 heteroatoms. The molecule has 1 aromatic rings. The molecule has 1 N–H and O–H groups in total. The molecule has 0 radical (unpaired) electrons. The van der Waals surface area contributed by atoms with Gasteiger partial charge in [0.15, 0.2) is 5.13 Å². The average Bonchev–Trinajstić information content (AvgIpc) is 2.98. The molecule has 0 bridgehead atoms. The molecule has 2 aliphatic heterocycles. The highest BCUT2D eigenvalue weighted by Crippen LogP contribution is 2.36. The number of nitrogens with zero attached hydrogens (tertiary/aromatic N) is 3. The van der Waals surface area contributed by atoms with Gasteiger partial charge in [0.25, 0.3) is 0 Å². The minimum Gasteiger partial charge on any atom is -0.387 e. The molecule has 0 aliphatic carbocycles. The van der Waals surface area contributed by atoms with Crippen molar-refractivity contribution in [3.8, 4) is 0 Å². The van der Waals surface area contributed by atoms with Crippen LogP contribution in [-0.4, -0.2) is 66.9 Å². The first-order valence-corrected chi connectivity index (χ1v) is 8.21. The number of carbonyl (C=O) groups is 1. The standard InChI is InChI=1S/C14H21N3O3S/c18-9-12(19)16-4-1-14(2-5-16)10-17(6-7-20-11-14)13-15-3-8-21-13/h3,8,18H,1-2,4-7,9-11H2. The number of hydrogen-bond acceptors (Lipinski definition) is 6. The van der Waals surface area contributed by atoms with Crippen LogP contribution < -0.4 is 4.90 Å². The Morgan fingerprint density at radius 1 is 1.43 bits per heavy atom. The summed E-state index contributed by atoms with van der Waals surface area (Å²) in [6.07, 6.45) is 3.67. The number of anilines is 1. The Kier molecular flexibility index (Phi) is 4.42. The number of piperidine rings is 1. The summed E-state index contributed by atoms with van der Waals surface area (Å²) in [4.78, 5) is 20.1. The Morgan fingerprint density at radius 2 is 2.24 bits per heavy atom. The van der Waals surface area contributed by atoms with Crippen molar-refractivity contribution in [1.82, 2.24) is 9.88 Å². The molecule has 0 aromatic carbocycles. The lowest BCUT2D eigenvalue weighted by Gasteiger charge is -2.42. The molecule has 2 saturated heterocycles. The number of likely N-dealkylation sites (tertiary alicyclic amines) is 1. The number of aliphatic hydroxyl groups excluding tert-OH is 1. The number of aromatic nitrogens is 1. The van der Waals surface area contributed by atoms with E-state index >= 15 is 0 Å². The Bertz CT molecular complexity index is 472. The van der Waals surface area contributed by atoms with Crippen molar-refractivity contribution in [3.63, 3.8) is 0 Å². The fraction of sp³-hybridized carbons (Fsp3) is 0.714. The van der Waals surface area contributed by atoms with Crippen LogP contribution in [0.4, 0.5) is 5.13 Å². The molecule has 0 saturated carbocycles. The first-order chi connectivity index (χ1) is 10.2. The Balaban J connectivity index is 1.68. The highest BCUT2D eigenvalue weighted by Gasteiger charge is 2.39. The lowest BCUT2D eigenvalue weighted by atomic mass is 9.78. The van der Waals surface area contributed by atoms with Gasteiger partial charge >= 0.3 is 0 Å². The summed E-state index contributed by atoms with van der Waals surface area (Å²) in [6, 6.07) is 0. The van der Waals surface area contributed by atoms with Crippen molar-refractivity contribution in [3.05, 3.63) is 11.6 Å². The van der Waals surface area contributed by atoms with Crippen molar-refractivity contribution in [2.45, 2.75) is 12.8 Å². The molecule has 3 heterocycles. The molecule has 0 atom stereocenters. The lowest BCUT2D eigenvalue weighted by molar-refractivity contribution is -0.137. The zero-order chi connectivity index (χ0) is 14.7. The predicted molar refractivity (Wildman–Crippen MR) is 80.5 cm³/mol. The van der Waals surface area contributed by atoms with Crippen LogP contribution in [-0.2, 0) is 9.53 Å². The molecule has 1 aromatic heterocycles. The number of carbonyl (C=O) groups excluding carboxylic acids is 1. The third kappa shape index (κ3) is 3.20. The normalized spacial score (nSPS) is 22.3. The van der Waals surface area contributed by atoms with E-state index in [9.17, 15) is 4.79 Å². The monoisotopic (exact) mass is 311 g/mol. The Labute approximate surface area is 128 Å². The van der Waals surface area contributed by atoms with Gasteiger partial charge in [-0.3, -0.25) is 4.79 Å². The van der Waals surface area contributed by atoms with Crippen LogP contribution in [0, 0.1) is 5.41 Å². The first-order valence-electron chi connectivity index (χ1n) is 7.33. The summed E-state index contributed by atoms with van der Waals surface area (Å²) in [5.74, 6) is -0.170. The first kappa shape index (κ1) is 14.7. The van der Waals surface area contributed by atoms with Crippen LogP contribution >= 0.6 is 11.3 Å². The van der Waals surface area contributed by atoms with Crippen molar-refractivity contribution < 1.29 is 14.6 Å².